The molecule has 6 heteroatoms. The van der Waals surface area contributed by atoms with Crippen molar-refractivity contribution in [2.75, 3.05) is 11.5 Å². The lowest BCUT2D eigenvalue weighted by Crippen LogP contribution is -2.15. The van der Waals surface area contributed by atoms with E-state index >= 15 is 0 Å². The summed E-state index contributed by atoms with van der Waals surface area (Å²) in [5.41, 5.74) is 0.907. The van der Waals surface area contributed by atoms with Crippen molar-refractivity contribution >= 4 is 21.4 Å². The maximum atomic E-state index is 11.4. The van der Waals surface area contributed by atoms with Crippen molar-refractivity contribution in [2.45, 2.75) is 25.8 Å². The quantitative estimate of drug-likeness (QED) is 0.718. The molecule has 0 aromatic carbocycles. The third kappa shape index (κ3) is 4.22. The Morgan fingerprint density at radius 1 is 1.47 bits per heavy atom. The van der Waals surface area contributed by atoms with Crippen LogP contribution in [0.2, 0.25) is 0 Å². The minimum Gasteiger partial charge on any atom is -0.271 e. The zero-order chi connectivity index (χ0) is 11.3. The molecule has 1 aromatic heterocycles. The Balaban J connectivity index is 2.50. The highest BCUT2D eigenvalue weighted by molar-refractivity contribution is 7.91. The van der Waals surface area contributed by atoms with E-state index in [1.807, 2.05) is 6.92 Å². The molecule has 1 rings (SSSR count). The highest BCUT2D eigenvalue weighted by Gasteiger charge is 2.09. The number of nitrogens with zero attached hydrogens (tertiary/aromatic N) is 2. The van der Waals surface area contributed by atoms with Crippen LogP contribution in [0.1, 0.15) is 18.9 Å². The zero-order valence-electron chi connectivity index (χ0n) is 8.69. The summed E-state index contributed by atoms with van der Waals surface area (Å²) in [4.78, 5) is 0. The van der Waals surface area contributed by atoms with Crippen LogP contribution in [-0.4, -0.2) is 29.7 Å². The number of alkyl halides is 1. The van der Waals surface area contributed by atoms with Crippen LogP contribution in [0.4, 0.5) is 0 Å². The van der Waals surface area contributed by atoms with Crippen molar-refractivity contribution in [2.24, 2.45) is 0 Å². The Bertz CT molecular complexity index is 400. The first-order chi connectivity index (χ1) is 7.07. The number of aryl methyl sites for hydroxylation is 1. The summed E-state index contributed by atoms with van der Waals surface area (Å²) in [6.07, 6.45) is 4.09. The number of hydrogen-bond acceptors (Lipinski definition) is 3. The molecule has 86 valence electrons. The van der Waals surface area contributed by atoms with Gasteiger partial charge in [0, 0.05) is 17.5 Å². The van der Waals surface area contributed by atoms with Gasteiger partial charge in [0.2, 0.25) is 0 Å². The van der Waals surface area contributed by atoms with Crippen LogP contribution in [0.5, 0.6) is 0 Å². The van der Waals surface area contributed by atoms with Crippen LogP contribution < -0.4 is 0 Å². The molecule has 0 saturated carbocycles. The second kappa shape index (κ2) is 5.51. The second-order valence-electron chi connectivity index (χ2n) is 3.40. The van der Waals surface area contributed by atoms with Gasteiger partial charge in [0.25, 0.3) is 0 Å². The van der Waals surface area contributed by atoms with Gasteiger partial charge in [-0.2, -0.15) is 5.10 Å². The zero-order valence-corrected chi connectivity index (χ0v) is 10.3. The summed E-state index contributed by atoms with van der Waals surface area (Å²) in [5.74, 6) is 0.794. The molecule has 0 aliphatic carbocycles. The number of rotatable bonds is 6. The summed E-state index contributed by atoms with van der Waals surface area (Å²) in [5, 5.41) is 4.02. The summed E-state index contributed by atoms with van der Waals surface area (Å²) in [6, 6.07) is 0. The summed E-state index contributed by atoms with van der Waals surface area (Å²) in [7, 11) is -2.92. The molecule has 0 amide bonds. The van der Waals surface area contributed by atoms with Gasteiger partial charge in [-0.3, -0.25) is 4.68 Å². The van der Waals surface area contributed by atoms with E-state index < -0.39 is 9.84 Å². The summed E-state index contributed by atoms with van der Waals surface area (Å²) < 4.78 is 24.4. The largest absolute Gasteiger partial charge is 0.271 e. The fraction of sp³-hybridized carbons (Fsp3) is 0.667. The van der Waals surface area contributed by atoms with E-state index in [-0.39, 0.29) is 11.5 Å². The van der Waals surface area contributed by atoms with Crippen molar-refractivity contribution in [1.29, 1.82) is 0 Å². The van der Waals surface area contributed by atoms with Crippen molar-refractivity contribution in [1.82, 2.24) is 9.78 Å². The molecule has 0 aliphatic rings. The third-order valence-electron chi connectivity index (χ3n) is 1.99. The van der Waals surface area contributed by atoms with E-state index in [0.717, 1.165) is 5.56 Å². The number of hydrogen-bond donors (Lipinski definition) is 0. The number of aromatic nitrogens is 2. The Morgan fingerprint density at radius 2 is 2.20 bits per heavy atom. The maximum absolute atomic E-state index is 11.4. The van der Waals surface area contributed by atoms with Gasteiger partial charge in [-0.25, -0.2) is 8.42 Å². The molecule has 0 atom stereocenters. The Kier molecular flexibility index (Phi) is 4.60. The average molecular weight is 251 g/mol. The summed E-state index contributed by atoms with van der Waals surface area (Å²) in [6.45, 7) is 2.26. The molecule has 4 nitrogen and oxygen atoms in total. The molecule has 0 spiro atoms. The third-order valence-corrected chi connectivity index (χ3v) is 4.13. The van der Waals surface area contributed by atoms with Crippen LogP contribution in [0.15, 0.2) is 12.4 Å². The van der Waals surface area contributed by atoms with E-state index in [2.05, 4.69) is 5.10 Å². The fourth-order valence-corrected chi connectivity index (χ4v) is 2.67. The molecule has 0 radical (unpaired) electrons. The van der Waals surface area contributed by atoms with Gasteiger partial charge >= 0.3 is 0 Å². The van der Waals surface area contributed by atoms with Crippen molar-refractivity contribution < 1.29 is 8.42 Å². The van der Waals surface area contributed by atoms with E-state index in [1.54, 1.807) is 17.1 Å². The standard InChI is InChI=1S/C9H15ClN2O2S/c1-2-4-15(13,14)5-3-12-8-9(6-10)7-11-12/h7-8H,2-6H2,1H3. The molecule has 0 bridgehead atoms. The highest BCUT2D eigenvalue weighted by Crippen LogP contribution is 2.02. The predicted molar refractivity (Wildman–Crippen MR) is 60.7 cm³/mol. The van der Waals surface area contributed by atoms with Crippen LogP contribution in [0.25, 0.3) is 0 Å². The molecular weight excluding hydrogens is 236 g/mol. The first kappa shape index (κ1) is 12.5. The van der Waals surface area contributed by atoms with Crippen LogP contribution in [0, 0.1) is 0 Å². The predicted octanol–water partition coefficient (Wildman–Crippen LogP) is 1.45. The van der Waals surface area contributed by atoms with Gasteiger partial charge in [-0.05, 0) is 6.42 Å². The minimum atomic E-state index is -2.92. The molecular formula is C9H15ClN2O2S. The first-order valence-corrected chi connectivity index (χ1v) is 7.20. The topological polar surface area (TPSA) is 52.0 Å². The van der Waals surface area contributed by atoms with E-state index in [0.29, 0.717) is 18.8 Å². The second-order valence-corrected chi connectivity index (χ2v) is 5.97. The van der Waals surface area contributed by atoms with E-state index in [9.17, 15) is 8.42 Å². The molecule has 0 unspecified atom stereocenters. The lowest BCUT2D eigenvalue weighted by atomic mass is 10.4. The normalized spacial score (nSPS) is 11.9. The van der Waals surface area contributed by atoms with Crippen LogP contribution in [0.3, 0.4) is 0 Å². The van der Waals surface area contributed by atoms with Gasteiger partial charge < -0.3 is 0 Å². The van der Waals surface area contributed by atoms with Gasteiger partial charge in [-0.1, -0.05) is 6.92 Å². The van der Waals surface area contributed by atoms with E-state index in [1.165, 1.54) is 0 Å². The van der Waals surface area contributed by atoms with Crippen molar-refractivity contribution in [3.8, 4) is 0 Å². The smallest absolute Gasteiger partial charge is 0.152 e. The lowest BCUT2D eigenvalue weighted by molar-refractivity contribution is 0.579. The lowest BCUT2D eigenvalue weighted by Gasteiger charge is -2.02. The highest BCUT2D eigenvalue weighted by atomic mass is 35.5. The van der Waals surface area contributed by atoms with Crippen molar-refractivity contribution in [3.63, 3.8) is 0 Å². The maximum Gasteiger partial charge on any atom is 0.152 e. The molecule has 15 heavy (non-hydrogen) atoms. The summed E-state index contributed by atoms with van der Waals surface area (Å²) >= 11 is 5.61. The van der Waals surface area contributed by atoms with Crippen LogP contribution >= 0.6 is 11.6 Å². The van der Waals surface area contributed by atoms with Gasteiger partial charge in [-0.15, -0.1) is 11.6 Å². The molecule has 1 aromatic rings. The Hall–Kier alpha value is -0.550. The number of halogens is 1. The SMILES string of the molecule is CCCS(=O)(=O)CCn1cc(CCl)cn1. The van der Waals surface area contributed by atoms with Gasteiger partial charge in [0.1, 0.15) is 0 Å². The Morgan fingerprint density at radius 3 is 2.73 bits per heavy atom. The van der Waals surface area contributed by atoms with E-state index in [4.69, 9.17) is 11.6 Å². The molecule has 0 aliphatic heterocycles. The molecule has 1 heterocycles. The number of sulfone groups is 1. The van der Waals surface area contributed by atoms with Crippen LogP contribution in [-0.2, 0) is 22.3 Å². The van der Waals surface area contributed by atoms with Gasteiger partial charge in [0.05, 0.1) is 24.4 Å². The molecule has 0 saturated heterocycles. The molecule has 0 fully saturated rings. The van der Waals surface area contributed by atoms with Crippen molar-refractivity contribution in [3.05, 3.63) is 18.0 Å². The average Bonchev–Trinajstić information content (AvgIpc) is 2.62. The first-order valence-electron chi connectivity index (χ1n) is 4.85. The Labute approximate surface area is 95.2 Å². The van der Waals surface area contributed by atoms with Gasteiger partial charge in [0.15, 0.2) is 9.84 Å². The fourth-order valence-electron chi connectivity index (χ4n) is 1.24. The monoisotopic (exact) mass is 250 g/mol. The minimum absolute atomic E-state index is 0.143. The molecule has 0 N–H and O–H groups in total.